The average molecular weight is 204 g/mol. The van der Waals surface area contributed by atoms with Gasteiger partial charge in [0.1, 0.15) is 0 Å². The van der Waals surface area contributed by atoms with Crippen LogP contribution in [-0.2, 0) is 13.0 Å². The fraction of sp³-hybridized carbons (Fsp3) is 0.538. The summed E-state index contributed by atoms with van der Waals surface area (Å²) in [4.78, 5) is 0. The molecule has 1 aromatic rings. The van der Waals surface area contributed by atoms with Gasteiger partial charge in [0.15, 0.2) is 0 Å². The van der Waals surface area contributed by atoms with Gasteiger partial charge in [0.05, 0.1) is 0 Å². The normalized spacial score (nSPS) is 14.9. The number of hydrogen-bond donors (Lipinski definition) is 2. The van der Waals surface area contributed by atoms with E-state index < -0.39 is 0 Å². The van der Waals surface area contributed by atoms with Crippen LogP contribution in [0.2, 0.25) is 0 Å². The second-order valence-corrected chi connectivity index (χ2v) is 4.51. The molecule has 0 aromatic heterocycles. The summed E-state index contributed by atoms with van der Waals surface area (Å²) in [6.07, 6.45) is 2.48. The number of nitrogens with one attached hydrogen (secondary N) is 2. The molecular weight excluding hydrogens is 184 g/mol. The molecule has 0 bridgehead atoms. The molecule has 2 heteroatoms. The van der Waals surface area contributed by atoms with Gasteiger partial charge in [-0.25, -0.2) is 0 Å². The molecule has 0 aliphatic carbocycles. The Morgan fingerprint density at radius 2 is 2.27 bits per heavy atom. The second-order valence-electron chi connectivity index (χ2n) is 4.51. The van der Waals surface area contributed by atoms with Crippen molar-refractivity contribution in [3.05, 3.63) is 29.3 Å². The van der Waals surface area contributed by atoms with Gasteiger partial charge in [-0.1, -0.05) is 26.0 Å². The molecule has 0 amide bonds. The Kier molecular flexibility index (Phi) is 3.27. The summed E-state index contributed by atoms with van der Waals surface area (Å²) >= 11 is 0. The minimum Gasteiger partial charge on any atom is -0.385 e. The Morgan fingerprint density at radius 3 is 3.07 bits per heavy atom. The van der Waals surface area contributed by atoms with Crippen molar-refractivity contribution < 1.29 is 0 Å². The van der Waals surface area contributed by atoms with Crippen LogP contribution in [-0.4, -0.2) is 12.6 Å². The van der Waals surface area contributed by atoms with Gasteiger partial charge < -0.3 is 10.6 Å². The van der Waals surface area contributed by atoms with Crippen molar-refractivity contribution in [1.82, 2.24) is 5.32 Å². The van der Waals surface area contributed by atoms with Crippen molar-refractivity contribution >= 4 is 5.69 Å². The van der Waals surface area contributed by atoms with E-state index in [4.69, 9.17) is 0 Å². The Balaban J connectivity index is 2.16. The molecule has 0 saturated heterocycles. The molecule has 0 fully saturated rings. The third-order valence-electron chi connectivity index (χ3n) is 2.89. The molecule has 0 unspecified atom stereocenters. The van der Waals surface area contributed by atoms with Gasteiger partial charge in [0.2, 0.25) is 0 Å². The Morgan fingerprint density at radius 1 is 1.40 bits per heavy atom. The SMILES string of the molecule is CC(C)NCc1cccc2c1CCCN2. The molecule has 0 spiro atoms. The number of hydrogen-bond acceptors (Lipinski definition) is 2. The molecule has 0 saturated carbocycles. The van der Waals surface area contributed by atoms with Crippen molar-refractivity contribution in [2.45, 2.75) is 39.3 Å². The minimum atomic E-state index is 0.553. The topological polar surface area (TPSA) is 24.1 Å². The molecule has 2 rings (SSSR count). The van der Waals surface area contributed by atoms with Gasteiger partial charge in [-0.2, -0.15) is 0 Å². The van der Waals surface area contributed by atoms with Crippen LogP contribution in [0.15, 0.2) is 18.2 Å². The van der Waals surface area contributed by atoms with E-state index >= 15 is 0 Å². The summed E-state index contributed by atoms with van der Waals surface area (Å²) in [5.41, 5.74) is 4.30. The Hall–Kier alpha value is -1.02. The maximum atomic E-state index is 3.48. The molecule has 0 radical (unpaired) electrons. The maximum Gasteiger partial charge on any atom is 0.0375 e. The van der Waals surface area contributed by atoms with Gasteiger partial charge in [-0.15, -0.1) is 0 Å². The lowest BCUT2D eigenvalue weighted by Gasteiger charge is -2.21. The lowest BCUT2D eigenvalue weighted by atomic mass is 9.97. The molecule has 0 atom stereocenters. The van der Waals surface area contributed by atoms with Gasteiger partial charge in [-0.05, 0) is 30.0 Å². The van der Waals surface area contributed by atoms with Gasteiger partial charge in [0, 0.05) is 24.8 Å². The van der Waals surface area contributed by atoms with Gasteiger partial charge in [-0.3, -0.25) is 0 Å². The van der Waals surface area contributed by atoms with E-state index in [0.717, 1.165) is 13.1 Å². The Labute approximate surface area is 92.1 Å². The van der Waals surface area contributed by atoms with Crippen molar-refractivity contribution in [2.75, 3.05) is 11.9 Å². The van der Waals surface area contributed by atoms with Crippen LogP contribution >= 0.6 is 0 Å². The first-order valence-corrected chi connectivity index (χ1v) is 5.85. The summed E-state index contributed by atoms with van der Waals surface area (Å²) in [7, 11) is 0. The maximum absolute atomic E-state index is 3.48. The standard InChI is InChI=1S/C13H20N2/c1-10(2)15-9-11-5-3-7-13-12(11)6-4-8-14-13/h3,5,7,10,14-15H,4,6,8-9H2,1-2H3. The van der Waals surface area contributed by atoms with E-state index in [-0.39, 0.29) is 0 Å². The molecule has 2 nitrogen and oxygen atoms in total. The van der Waals surface area contributed by atoms with Crippen molar-refractivity contribution in [2.24, 2.45) is 0 Å². The first-order chi connectivity index (χ1) is 7.27. The first-order valence-electron chi connectivity index (χ1n) is 5.85. The monoisotopic (exact) mass is 204 g/mol. The van der Waals surface area contributed by atoms with Crippen LogP contribution in [0.3, 0.4) is 0 Å². The van der Waals surface area contributed by atoms with E-state index in [1.165, 1.54) is 29.7 Å². The average Bonchev–Trinajstić information content (AvgIpc) is 2.26. The summed E-state index contributed by atoms with van der Waals surface area (Å²) < 4.78 is 0. The summed E-state index contributed by atoms with van der Waals surface area (Å²) in [6.45, 7) is 6.48. The third kappa shape index (κ3) is 2.51. The first kappa shape index (κ1) is 10.5. The third-order valence-corrected chi connectivity index (χ3v) is 2.89. The van der Waals surface area contributed by atoms with Crippen LogP contribution in [0.4, 0.5) is 5.69 Å². The fourth-order valence-corrected chi connectivity index (χ4v) is 2.06. The minimum absolute atomic E-state index is 0.553. The van der Waals surface area contributed by atoms with Crippen LogP contribution in [0.1, 0.15) is 31.4 Å². The Bertz CT molecular complexity index is 331. The molecule has 1 aliphatic heterocycles. The van der Waals surface area contributed by atoms with Crippen LogP contribution in [0, 0.1) is 0 Å². The highest BCUT2D eigenvalue weighted by atomic mass is 14.9. The molecule has 1 heterocycles. The predicted octanol–water partition coefficient (Wildman–Crippen LogP) is 2.54. The number of fused-ring (bicyclic) bond motifs is 1. The number of benzene rings is 1. The zero-order valence-corrected chi connectivity index (χ0v) is 9.64. The van der Waals surface area contributed by atoms with Crippen molar-refractivity contribution in [3.8, 4) is 0 Å². The van der Waals surface area contributed by atoms with Crippen LogP contribution in [0.5, 0.6) is 0 Å². The second kappa shape index (κ2) is 4.67. The van der Waals surface area contributed by atoms with Gasteiger partial charge in [0.25, 0.3) is 0 Å². The largest absolute Gasteiger partial charge is 0.385 e. The van der Waals surface area contributed by atoms with Crippen LogP contribution < -0.4 is 10.6 Å². The van der Waals surface area contributed by atoms with Crippen molar-refractivity contribution in [1.29, 1.82) is 0 Å². The molecule has 1 aliphatic rings. The number of anilines is 1. The highest BCUT2D eigenvalue weighted by Gasteiger charge is 2.11. The van der Waals surface area contributed by atoms with E-state index in [2.05, 4.69) is 42.7 Å². The fourth-order valence-electron chi connectivity index (χ4n) is 2.06. The predicted molar refractivity (Wildman–Crippen MR) is 65.2 cm³/mol. The summed E-state index contributed by atoms with van der Waals surface area (Å²) in [5, 5.41) is 6.95. The smallest absolute Gasteiger partial charge is 0.0375 e. The lowest BCUT2D eigenvalue weighted by molar-refractivity contribution is 0.585. The molecule has 1 aromatic carbocycles. The lowest BCUT2D eigenvalue weighted by Crippen LogP contribution is -2.23. The molecule has 15 heavy (non-hydrogen) atoms. The van der Waals surface area contributed by atoms with E-state index in [0.29, 0.717) is 6.04 Å². The van der Waals surface area contributed by atoms with E-state index in [1.54, 1.807) is 0 Å². The summed E-state index contributed by atoms with van der Waals surface area (Å²) in [6, 6.07) is 7.13. The zero-order valence-electron chi connectivity index (χ0n) is 9.64. The summed E-state index contributed by atoms with van der Waals surface area (Å²) in [5.74, 6) is 0. The quantitative estimate of drug-likeness (QED) is 0.790. The van der Waals surface area contributed by atoms with Crippen molar-refractivity contribution in [3.63, 3.8) is 0 Å². The van der Waals surface area contributed by atoms with Gasteiger partial charge >= 0.3 is 0 Å². The molecule has 2 N–H and O–H groups in total. The molecular formula is C13H20N2. The van der Waals surface area contributed by atoms with E-state index in [1.807, 2.05) is 0 Å². The highest BCUT2D eigenvalue weighted by molar-refractivity contribution is 5.56. The molecule has 82 valence electrons. The van der Waals surface area contributed by atoms with Crippen LogP contribution in [0.25, 0.3) is 0 Å². The number of rotatable bonds is 3. The zero-order chi connectivity index (χ0) is 10.7. The highest BCUT2D eigenvalue weighted by Crippen LogP contribution is 2.25. The van der Waals surface area contributed by atoms with E-state index in [9.17, 15) is 0 Å².